The van der Waals surface area contributed by atoms with Gasteiger partial charge in [0.25, 0.3) is 0 Å². The number of hydrogen-bond donors (Lipinski definition) is 2. The number of rotatable bonds is 8. The van der Waals surface area contributed by atoms with E-state index in [1.165, 1.54) is 30.3 Å². The molecule has 170 valence electrons. The van der Waals surface area contributed by atoms with Gasteiger partial charge in [0, 0.05) is 38.0 Å². The van der Waals surface area contributed by atoms with Crippen LogP contribution >= 0.6 is 24.0 Å². The van der Waals surface area contributed by atoms with Crippen molar-refractivity contribution in [1.82, 2.24) is 15.6 Å². The number of benzene rings is 2. The molecule has 0 saturated carbocycles. The molecule has 1 heterocycles. The summed E-state index contributed by atoms with van der Waals surface area (Å²) in [6, 6.07) is 15.8. The number of alkyl halides is 2. The second-order valence-corrected chi connectivity index (χ2v) is 6.33. The molecule has 0 bridgehead atoms. The van der Waals surface area contributed by atoms with Crippen molar-refractivity contribution in [1.29, 1.82) is 0 Å². The van der Waals surface area contributed by atoms with E-state index >= 15 is 0 Å². The number of pyridine rings is 1. The van der Waals surface area contributed by atoms with Crippen molar-refractivity contribution in [2.75, 3.05) is 7.05 Å². The van der Waals surface area contributed by atoms with Crippen molar-refractivity contribution < 1.29 is 22.6 Å². The van der Waals surface area contributed by atoms with Crippen LogP contribution in [0, 0.1) is 5.82 Å². The van der Waals surface area contributed by atoms with Gasteiger partial charge in [-0.1, -0.05) is 24.3 Å². The number of halogens is 4. The third-order valence-corrected chi connectivity index (χ3v) is 4.15. The second-order valence-electron chi connectivity index (χ2n) is 6.33. The van der Waals surface area contributed by atoms with Crippen LogP contribution in [-0.4, -0.2) is 24.6 Å². The third-order valence-electron chi connectivity index (χ3n) is 4.15. The Morgan fingerprint density at radius 1 is 1.00 bits per heavy atom. The van der Waals surface area contributed by atoms with Crippen LogP contribution < -0.4 is 20.1 Å². The number of nitrogens with one attached hydrogen (secondary N) is 2. The summed E-state index contributed by atoms with van der Waals surface area (Å²) in [5.74, 6) is 1.13. The first-order valence-corrected chi connectivity index (χ1v) is 9.39. The molecule has 3 aromatic rings. The number of aromatic nitrogens is 1. The molecular weight excluding hydrogens is 536 g/mol. The smallest absolute Gasteiger partial charge is 0.387 e. The van der Waals surface area contributed by atoms with Gasteiger partial charge in [0.15, 0.2) is 5.96 Å². The molecule has 3 rings (SSSR count). The first kappa shape index (κ1) is 25.2. The van der Waals surface area contributed by atoms with Crippen molar-refractivity contribution in [3.05, 3.63) is 83.8 Å². The quantitative estimate of drug-likeness (QED) is 0.229. The van der Waals surface area contributed by atoms with Crippen LogP contribution in [0.3, 0.4) is 0 Å². The van der Waals surface area contributed by atoms with Crippen LogP contribution in [0.4, 0.5) is 13.2 Å². The number of para-hydroxylation sites is 1. The molecule has 10 heteroatoms. The zero-order valence-corrected chi connectivity index (χ0v) is 19.4. The molecule has 0 radical (unpaired) electrons. The molecule has 0 atom stereocenters. The first-order chi connectivity index (χ1) is 15.0. The van der Waals surface area contributed by atoms with E-state index < -0.39 is 6.61 Å². The molecule has 0 spiro atoms. The summed E-state index contributed by atoms with van der Waals surface area (Å²) < 4.78 is 48.1. The molecule has 0 saturated heterocycles. The van der Waals surface area contributed by atoms with Gasteiger partial charge in [0.2, 0.25) is 5.88 Å². The van der Waals surface area contributed by atoms with E-state index in [1.54, 1.807) is 37.5 Å². The zero-order chi connectivity index (χ0) is 22.1. The lowest BCUT2D eigenvalue weighted by Crippen LogP contribution is -2.36. The van der Waals surface area contributed by atoms with Crippen molar-refractivity contribution in [2.45, 2.75) is 19.7 Å². The second kappa shape index (κ2) is 12.7. The summed E-state index contributed by atoms with van der Waals surface area (Å²) in [6.07, 6.45) is 1.64. The van der Waals surface area contributed by atoms with Crippen LogP contribution in [0.2, 0.25) is 0 Å². The predicted molar refractivity (Wildman–Crippen MR) is 126 cm³/mol. The molecule has 0 fully saturated rings. The number of ether oxygens (including phenoxy) is 2. The Morgan fingerprint density at radius 2 is 1.72 bits per heavy atom. The Hall–Kier alpha value is -3.02. The van der Waals surface area contributed by atoms with Gasteiger partial charge in [-0.3, -0.25) is 4.99 Å². The number of nitrogens with zero attached hydrogens (tertiary/aromatic N) is 2. The molecule has 32 heavy (non-hydrogen) atoms. The standard InChI is InChI=1S/C22H21F3N4O2.HI/c1-26-22(29-14-16-4-2-3-5-19(16)31-21(24)25)28-13-15-6-11-20(27-12-15)30-18-9-7-17(23)8-10-18;/h2-12,21H,13-14H2,1H3,(H2,26,28,29);1H. The molecule has 2 aromatic carbocycles. The van der Waals surface area contributed by atoms with E-state index in [4.69, 9.17) is 4.74 Å². The van der Waals surface area contributed by atoms with Gasteiger partial charge in [-0.15, -0.1) is 24.0 Å². The normalized spacial score (nSPS) is 11.0. The Bertz CT molecular complexity index is 1000. The van der Waals surface area contributed by atoms with Crippen molar-refractivity contribution >= 4 is 29.9 Å². The lowest BCUT2D eigenvalue weighted by atomic mass is 10.2. The molecule has 2 N–H and O–H groups in total. The fraction of sp³-hybridized carbons (Fsp3) is 0.182. The molecule has 0 amide bonds. The minimum absolute atomic E-state index is 0. The van der Waals surface area contributed by atoms with Gasteiger partial charge in [-0.05, 0) is 35.9 Å². The molecule has 0 unspecified atom stereocenters. The van der Waals surface area contributed by atoms with Crippen molar-refractivity contribution in [3.63, 3.8) is 0 Å². The van der Waals surface area contributed by atoms with Crippen LogP contribution in [0.25, 0.3) is 0 Å². The van der Waals surface area contributed by atoms with Gasteiger partial charge in [0.05, 0.1) is 0 Å². The average Bonchev–Trinajstić information content (AvgIpc) is 2.77. The highest BCUT2D eigenvalue weighted by Gasteiger charge is 2.09. The fourth-order valence-electron chi connectivity index (χ4n) is 2.65. The number of guanidine groups is 1. The Balaban J connectivity index is 0.00000363. The molecule has 6 nitrogen and oxygen atoms in total. The van der Waals surface area contributed by atoms with Gasteiger partial charge >= 0.3 is 6.61 Å². The summed E-state index contributed by atoms with van der Waals surface area (Å²) in [5, 5.41) is 6.18. The SMILES string of the molecule is CN=C(NCc1ccc(Oc2ccc(F)cc2)nc1)NCc1ccccc1OC(F)F.I. The Labute approximate surface area is 200 Å². The maximum absolute atomic E-state index is 12.9. The average molecular weight is 558 g/mol. The van der Waals surface area contributed by atoms with Crippen LogP contribution in [-0.2, 0) is 13.1 Å². The topological polar surface area (TPSA) is 67.8 Å². The van der Waals surface area contributed by atoms with Crippen LogP contribution in [0.15, 0.2) is 71.9 Å². The predicted octanol–water partition coefficient (Wildman–Crippen LogP) is 5.10. The maximum atomic E-state index is 12.9. The molecular formula is C22H22F3IN4O2. The highest BCUT2D eigenvalue weighted by Crippen LogP contribution is 2.20. The van der Waals surface area contributed by atoms with E-state index in [-0.39, 0.29) is 42.1 Å². The Kier molecular flexibility index (Phi) is 10.1. The largest absolute Gasteiger partial charge is 0.439 e. The summed E-state index contributed by atoms with van der Waals surface area (Å²) in [4.78, 5) is 8.35. The summed E-state index contributed by atoms with van der Waals surface area (Å²) in [5.41, 5.74) is 1.45. The van der Waals surface area contributed by atoms with E-state index in [9.17, 15) is 13.2 Å². The lowest BCUT2D eigenvalue weighted by molar-refractivity contribution is -0.0504. The zero-order valence-electron chi connectivity index (χ0n) is 17.1. The number of hydrogen-bond acceptors (Lipinski definition) is 4. The van der Waals surface area contributed by atoms with Crippen LogP contribution in [0.1, 0.15) is 11.1 Å². The minimum Gasteiger partial charge on any atom is -0.439 e. The first-order valence-electron chi connectivity index (χ1n) is 9.39. The molecule has 0 aliphatic rings. The van der Waals surface area contributed by atoms with Gasteiger partial charge in [-0.2, -0.15) is 8.78 Å². The van der Waals surface area contributed by atoms with Gasteiger partial charge in [0.1, 0.15) is 17.3 Å². The lowest BCUT2D eigenvalue weighted by Gasteiger charge is -2.14. The summed E-state index contributed by atoms with van der Waals surface area (Å²) >= 11 is 0. The number of aliphatic imine (C=N–C) groups is 1. The highest BCUT2D eigenvalue weighted by atomic mass is 127. The summed E-state index contributed by atoms with van der Waals surface area (Å²) in [7, 11) is 1.61. The summed E-state index contributed by atoms with van der Waals surface area (Å²) in [6.45, 7) is -2.20. The van der Waals surface area contributed by atoms with E-state index in [0.29, 0.717) is 29.7 Å². The maximum Gasteiger partial charge on any atom is 0.387 e. The van der Waals surface area contributed by atoms with Crippen molar-refractivity contribution in [3.8, 4) is 17.4 Å². The van der Waals surface area contributed by atoms with Crippen molar-refractivity contribution in [2.24, 2.45) is 4.99 Å². The highest BCUT2D eigenvalue weighted by molar-refractivity contribution is 14.0. The van der Waals surface area contributed by atoms with E-state index in [1.807, 2.05) is 6.07 Å². The monoisotopic (exact) mass is 558 g/mol. The van der Waals surface area contributed by atoms with Gasteiger partial charge in [-0.25, -0.2) is 9.37 Å². The van der Waals surface area contributed by atoms with Crippen LogP contribution in [0.5, 0.6) is 17.4 Å². The van der Waals surface area contributed by atoms with E-state index in [2.05, 4.69) is 25.3 Å². The van der Waals surface area contributed by atoms with Gasteiger partial charge < -0.3 is 20.1 Å². The Morgan fingerprint density at radius 3 is 2.38 bits per heavy atom. The molecule has 1 aromatic heterocycles. The van der Waals surface area contributed by atoms with E-state index in [0.717, 1.165) is 5.56 Å². The molecule has 0 aliphatic heterocycles. The third kappa shape index (κ3) is 7.91. The fourth-order valence-corrected chi connectivity index (χ4v) is 2.65. The molecule has 0 aliphatic carbocycles. The minimum atomic E-state index is -2.89.